The molecule has 6 nitrogen and oxygen atoms in total. The van der Waals surface area contributed by atoms with E-state index in [9.17, 15) is 4.79 Å². The van der Waals surface area contributed by atoms with Crippen LogP contribution in [-0.4, -0.2) is 40.1 Å². The largest absolute Gasteiger partial charge is 0.496 e. The molecule has 29 heavy (non-hydrogen) atoms. The van der Waals surface area contributed by atoms with Crippen LogP contribution < -0.4 is 9.47 Å². The number of benzene rings is 2. The smallest absolute Gasteiger partial charge is 0.223 e. The van der Waals surface area contributed by atoms with Gasteiger partial charge in [-0.25, -0.2) is 4.98 Å². The molecule has 6 heteroatoms. The van der Waals surface area contributed by atoms with Crippen LogP contribution in [0.2, 0.25) is 0 Å². The van der Waals surface area contributed by atoms with Crippen molar-refractivity contribution in [2.24, 2.45) is 0 Å². The maximum absolute atomic E-state index is 13.3. The predicted octanol–water partition coefficient (Wildman–Crippen LogP) is 3.31. The number of methoxy groups -OCH3 is 1. The first-order chi connectivity index (χ1) is 14.2. The van der Waals surface area contributed by atoms with Gasteiger partial charge in [0.1, 0.15) is 18.1 Å². The van der Waals surface area contributed by atoms with E-state index in [1.54, 1.807) is 19.6 Å². The summed E-state index contributed by atoms with van der Waals surface area (Å²) in [5.74, 6) is 1.78. The number of nitrogens with zero attached hydrogens (tertiary/aromatic N) is 3. The Bertz CT molecular complexity index is 956. The first-order valence-corrected chi connectivity index (χ1v) is 9.82. The van der Waals surface area contributed by atoms with Crippen molar-refractivity contribution < 1.29 is 14.3 Å². The van der Waals surface area contributed by atoms with Gasteiger partial charge in [-0.05, 0) is 24.1 Å². The summed E-state index contributed by atoms with van der Waals surface area (Å²) in [6.07, 6.45) is 6.49. The van der Waals surface area contributed by atoms with Crippen LogP contribution in [-0.2, 0) is 24.3 Å². The minimum absolute atomic E-state index is 0.0678. The van der Waals surface area contributed by atoms with E-state index in [2.05, 4.69) is 4.98 Å². The Morgan fingerprint density at radius 2 is 2.03 bits per heavy atom. The molecule has 0 spiro atoms. The molecule has 4 rings (SSSR count). The van der Waals surface area contributed by atoms with Crippen LogP contribution in [0.25, 0.3) is 0 Å². The molecular weight excluding hydrogens is 366 g/mol. The second-order valence-corrected chi connectivity index (χ2v) is 7.17. The standard InChI is InChI=1S/C23H25N3O3/c1-28-21-8-4-2-6-18(21)10-11-23(27)26-14-19-7-3-5-9-22(19)29-16-20(26)15-25-13-12-24-17-25/h2-9,12-13,17,20H,10-11,14-16H2,1H3/t20-/m0/s1. The molecule has 0 aliphatic carbocycles. The molecule has 1 amide bonds. The number of rotatable bonds is 6. The van der Waals surface area contributed by atoms with Gasteiger partial charge in [-0.1, -0.05) is 36.4 Å². The fourth-order valence-electron chi connectivity index (χ4n) is 3.74. The number of hydrogen-bond donors (Lipinski definition) is 0. The molecule has 3 aromatic rings. The number of hydrogen-bond acceptors (Lipinski definition) is 4. The van der Waals surface area contributed by atoms with Crippen LogP contribution in [0, 0.1) is 0 Å². The van der Waals surface area contributed by atoms with Crippen molar-refractivity contribution in [1.29, 1.82) is 0 Å². The Balaban J connectivity index is 1.53. The SMILES string of the molecule is COc1ccccc1CCC(=O)N1Cc2ccccc2OC[C@@H]1Cn1ccnc1. The highest BCUT2D eigenvalue weighted by molar-refractivity contribution is 5.77. The summed E-state index contributed by atoms with van der Waals surface area (Å²) in [7, 11) is 1.66. The maximum atomic E-state index is 13.3. The third-order valence-corrected chi connectivity index (χ3v) is 5.29. The topological polar surface area (TPSA) is 56.6 Å². The fourth-order valence-corrected chi connectivity index (χ4v) is 3.74. The molecule has 0 saturated heterocycles. The lowest BCUT2D eigenvalue weighted by molar-refractivity contribution is -0.134. The number of imidazole rings is 1. The van der Waals surface area contributed by atoms with Gasteiger partial charge in [-0.15, -0.1) is 0 Å². The lowest BCUT2D eigenvalue weighted by atomic mass is 10.1. The van der Waals surface area contributed by atoms with Gasteiger partial charge in [-0.2, -0.15) is 0 Å². The molecule has 2 heterocycles. The van der Waals surface area contributed by atoms with Crippen LogP contribution in [0.15, 0.2) is 67.3 Å². The molecular formula is C23H25N3O3. The van der Waals surface area contributed by atoms with Crippen molar-refractivity contribution in [1.82, 2.24) is 14.5 Å². The molecule has 0 bridgehead atoms. The molecule has 0 fully saturated rings. The quantitative estimate of drug-likeness (QED) is 0.647. The Kier molecular flexibility index (Phi) is 5.79. The normalized spacial score (nSPS) is 15.9. The second-order valence-electron chi connectivity index (χ2n) is 7.17. The molecule has 0 radical (unpaired) electrons. The number of carbonyl (C=O) groups is 1. The highest BCUT2D eigenvalue weighted by Crippen LogP contribution is 2.26. The van der Waals surface area contributed by atoms with E-state index in [1.807, 2.05) is 64.2 Å². The molecule has 1 aliphatic heterocycles. The number of para-hydroxylation sites is 2. The second kappa shape index (κ2) is 8.82. The molecule has 1 aromatic heterocycles. The molecule has 1 atom stereocenters. The molecule has 1 aliphatic rings. The molecule has 2 aromatic carbocycles. The van der Waals surface area contributed by atoms with E-state index in [0.29, 0.717) is 32.5 Å². The first kappa shape index (κ1) is 19.1. The minimum Gasteiger partial charge on any atom is -0.496 e. The zero-order chi connectivity index (χ0) is 20.1. The molecule has 0 saturated carbocycles. The van der Waals surface area contributed by atoms with Gasteiger partial charge in [0, 0.05) is 37.5 Å². The van der Waals surface area contributed by atoms with Crippen molar-refractivity contribution in [3.63, 3.8) is 0 Å². The summed E-state index contributed by atoms with van der Waals surface area (Å²) in [4.78, 5) is 19.3. The number of fused-ring (bicyclic) bond motifs is 1. The van der Waals surface area contributed by atoms with Gasteiger partial charge >= 0.3 is 0 Å². The van der Waals surface area contributed by atoms with Gasteiger partial charge in [0.15, 0.2) is 0 Å². The van der Waals surface area contributed by atoms with Gasteiger partial charge in [0.2, 0.25) is 5.91 Å². The van der Waals surface area contributed by atoms with E-state index >= 15 is 0 Å². The van der Waals surface area contributed by atoms with Crippen LogP contribution >= 0.6 is 0 Å². The Labute approximate surface area is 170 Å². The summed E-state index contributed by atoms with van der Waals surface area (Å²) in [5, 5.41) is 0. The van der Waals surface area contributed by atoms with E-state index < -0.39 is 0 Å². The number of ether oxygens (including phenoxy) is 2. The number of aryl methyl sites for hydroxylation is 1. The fraction of sp³-hybridized carbons (Fsp3) is 0.304. The van der Waals surface area contributed by atoms with Crippen LogP contribution in [0.4, 0.5) is 0 Å². The predicted molar refractivity (Wildman–Crippen MR) is 110 cm³/mol. The molecule has 0 N–H and O–H groups in total. The highest BCUT2D eigenvalue weighted by atomic mass is 16.5. The zero-order valence-corrected chi connectivity index (χ0v) is 16.5. The van der Waals surface area contributed by atoms with E-state index in [1.165, 1.54) is 0 Å². The van der Waals surface area contributed by atoms with E-state index in [4.69, 9.17) is 9.47 Å². The first-order valence-electron chi connectivity index (χ1n) is 9.82. The zero-order valence-electron chi connectivity index (χ0n) is 16.5. The van der Waals surface area contributed by atoms with Gasteiger partial charge in [-0.3, -0.25) is 4.79 Å². The Morgan fingerprint density at radius 1 is 1.21 bits per heavy atom. The minimum atomic E-state index is -0.0678. The van der Waals surface area contributed by atoms with Crippen LogP contribution in [0.1, 0.15) is 17.5 Å². The summed E-state index contributed by atoms with van der Waals surface area (Å²) >= 11 is 0. The number of carbonyl (C=O) groups excluding carboxylic acids is 1. The van der Waals surface area contributed by atoms with Crippen molar-refractivity contribution in [2.45, 2.75) is 32.0 Å². The average molecular weight is 391 g/mol. The lowest BCUT2D eigenvalue weighted by Gasteiger charge is -2.29. The third kappa shape index (κ3) is 4.42. The van der Waals surface area contributed by atoms with Gasteiger partial charge in [0.25, 0.3) is 0 Å². The summed E-state index contributed by atoms with van der Waals surface area (Å²) in [6.45, 7) is 1.64. The van der Waals surface area contributed by atoms with Crippen molar-refractivity contribution in [2.75, 3.05) is 13.7 Å². The Hall–Kier alpha value is -3.28. The van der Waals surface area contributed by atoms with E-state index in [-0.39, 0.29) is 11.9 Å². The third-order valence-electron chi connectivity index (χ3n) is 5.29. The van der Waals surface area contributed by atoms with Crippen molar-refractivity contribution >= 4 is 5.91 Å². The lowest BCUT2D eigenvalue weighted by Crippen LogP contribution is -2.44. The average Bonchev–Trinajstić information content (AvgIpc) is 3.20. The summed E-state index contributed by atoms with van der Waals surface area (Å²) in [5.41, 5.74) is 2.08. The number of amides is 1. The van der Waals surface area contributed by atoms with Crippen molar-refractivity contribution in [3.8, 4) is 11.5 Å². The maximum Gasteiger partial charge on any atom is 0.223 e. The highest BCUT2D eigenvalue weighted by Gasteiger charge is 2.28. The van der Waals surface area contributed by atoms with E-state index in [0.717, 1.165) is 22.6 Å². The van der Waals surface area contributed by atoms with Gasteiger partial charge < -0.3 is 18.9 Å². The number of aromatic nitrogens is 2. The molecule has 150 valence electrons. The summed E-state index contributed by atoms with van der Waals surface area (Å²) < 4.78 is 13.5. The van der Waals surface area contributed by atoms with Gasteiger partial charge in [0.05, 0.1) is 19.5 Å². The van der Waals surface area contributed by atoms with Crippen LogP contribution in [0.5, 0.6) is 11.5 Å². The van der Waals surface area contributed by atoms with Crippen molar-refractivity contribution in [3.05, 3.63) is 78.4 Å². The van der Waals surface area contributed by atoms with Crippen LogP contribution in [0.3, 0.4) is 0 Å². The molecule has 0 unspecified atom stereocenters. The Morgan fingerprint density at radius 3 is 2.86 bits per heavy atom. The summed E-state index contributed by atoms with van der Waals surface area (Å²) in [6, 6.07) is 15.7. The monoisotopic (exact) mass is 391 g/mol.